The van der Waals surface area contributed by atoms with Crippen molar-refractivity contribution in [3.05, 3.63) is 11.9 Å². The van der Waals surface area contributed by atoms with E-state index in [0.29, 0.717) is 18.4 Å². The minimum absolute atomic E-state index is 0.302. The van der Waals surface area contributed by atoms with Crippen molar-refractivity contribution in [2.45, 2.75) is 52.4 Å². The molecule has 22 heavy (non-hydrogen) atoms. The highest BCUT2D eigenvalue weighted by atomic mass is 16.5. The molecule has 0 atom stereocenters. The molecule has 1 N–H and O–H groups in total. The van der Waals surface area contributed by atoms with Gasteiger partial charge in [-0.1, -0.05) is 13.8 Å². The van der Waals surface area contributed by atoms with Gasteiger partial charge in [0.15, 0.2) is 0 Å². The van der Waals surface area contributed by atoms with Crippen LogP contribution in [0.25, 0.3) is 0 Å². The molecule has 1 aliphatic heterocycles. The maximum Gasteiger partial charge on any atom is 0.218 e. The topological polar surface area (TPSA) is 50.3 Å². The van der Waals surface area contributed by atoms with Crippen molar-refractivity contribution in [2.75, 3.05) is 38.1 Å². The first-order valence-electron chi connectivity index (χ1n) is 8.67. The summed E-state index contributed by atoms with van der Waals surface area (Å²) in [6, 6.07) is 1.90. The molecule has 2 rings (SSSR count). The van der Waals surface area contributed by atoms with Gasteiger partial charge in [0.1, 0.15) is 11.6 Å². The SMILES string of the molecule is CCOc1cc(NCCCCN2CCCC2)nc(C(C)C)n1. The lowest BCUT2D eigenvalue weighted by Crippen LogP contribution is -2.21. The Morgan fingerprint density at radius 2 is 2.00 bits per heavy atom. The molecule has 124 valence electrons. The summed E-state index contributed by atoms with van der Waals surface area (Å²) in [6.07, 6.45) is 5.16. The molecule has 5 heteroatoms. The third kappa shape index (κ3) is 5.44. The van der Waals surface area contributed by atoms with Crippen molar-refractivity contribution in [1.29, 1.82) is 0 Å². The molecule has 2 heterocycles. The summed E-state index contributed by atoms with van der Waals surface area (Å²) >= 11 is 0. The van der Waals surface area contributed by atoms with E-state index in [4.69, 9.17) is 4.74 Å². The van der Waals surface area contributed by atoms with Gasteiger partial charge in [-0.05, 0) is 52.2 Å². The maximum atomic E-state index is 5.53. The Morgan fingerprint density at radius 1 is 1.23 bits per heavy atom. The van der Waals surface area contributed by atoms with Crippen LogP contribution >= 0.6 is 0 Å². The molecule has 0 unspecified atom stereocenters. The van der Waals surface area contributed by atoms with E-state index in [1.165, 1.54) is 45.3 Å². The summed E-state index contributed by atoms with van der Waals surface area (Å²) in [5, 5.41) is 3.41. The second-order valence-corrected chi connectivity index (χ2v) is 6.22. The van der Waals surface area contributed by atoms with E-state index in [9.17, 15) is 0 Å². The van der Waals surface area contributed by atoms with Gasteiger partial charge in [-0.2, -0.15) is 4.98 Å². The molecular weight excluding hydrogens is 276 g/mol. The van der Waals surface area contributed by atoms with Crippen molar-refractivity contribution in [3.63, 3.8) is 0 Å². The largest absolute Gasteiger partial charge is 0.478 e. The number of aromatic nitrogens is 2. The highest BCUT2D eigenvalue weighted by Crippen LogP contribution is 2.18. The quantitative estimate of drug-likeness (QED) is 0.710. The predicted molar refractivity (Wildman–Crippen MR) is 90.7 cm³/mol. The van der Waals surface area contributed by atoms with E-state index in [1.807, 2.05) is 13.0 Å². The Hall–Kier alpha value is -1.36. The summed E-state index contributed by atoms with van der Waals surface area (Å²) in [5.74, 6) is 2.69. The van der Waals surface area contributed by atoms with Crippen molar-refractivity contribution >= 4 is 5.82 Å². The van der Waals surface area contributed by atoms with E-state index >= 15 is 0 Å². The lowest BCUT2D eigenvalue weighted by molar-refractivity contribution is 0.324. The van der Waals surface area contributed by atoms with Crippen LogP contribution < -0.4 is 10.1 Å². The Kier molecular flexibility index (Phi) is 6.90. The minimum atomic E-state index is 0.302. The predicted octanol–water partition coefficient (Wildman–Crippen LogP) is 3.29. The summed E-state index contributed by atoms with van der Waals surface area (Å²) in [4.78, 5) is 11.6. The van der Waals surface area contributed by atoms with Gasteiger partial charge in [-0.15, -0.1) is 0 Å². The molecule has 0 aliphatic carbocycles. The lowest BCUT2D eigenvalue weighted by atomic mass is 10.2. The van der Waals surface area contributed by atoms with Crippen molar-refractivity contribution < 1.29 is 4.74 Å². The van der Waals surface area contributed by atoms with E-state index in [2.05, 4.69) is 34.0 Å². The summed E-state index contributed by atoms with van der Waals surface area (Å²) in [5.41, 5.74) is 0. The molecule has 0 amide bonds. The average Bonchev–Trinajstić information content (AvgIpc) is 3.00. The lowest BCUT2D eigenvalue weighted by Gasteiger charge is -2.14. The van der Waals surface area contributed by atoms with Gasteiger partial charge in [0.2, 0.25) is 5.88 Å². The van der Waals surface area contributed by atoms with Crippen LogP contribution in [0.5, 0.6) is 5.88 Å². The highest BCUT2D eigenvalue weighted by molar-refractivity contribution is 5.38. The third-order valence-electron chi connectivity index (χ3n) is 3.93. The molecule has 0 radical (unpaired) electrons. The molecular formula is C17H30N4O. The number of nitrogens with one attached hydrogen (secondary N) is 1. The number of anilines is 1. The molecule has 0 saturated carbocycles. The molecule has 0 bridgehead atoms. The molecule has 1 aromatic rings. The van der Waals surface area contributed by atoms with E-state index in [1.54, 1.807) is 0 Å². The first-order valence-corrected chi connectivity index (χ1v) is 8.67. The Morgan fingerprint density at radius 3 is 2.68 bits per heavy atom. The maximum absolute atomic E-state index is 5.53. The van der Waals surface area contributed by atoms with Gasteiger partial charge < -0.3 is 15.0 Å². The van der Waals surface area contributed by atoms with Crippen molar-refractivity contribution in [1.82, 2.24) is 14.9 Å². The fraction of sp³-hybridized carbons (Fsp3) is 0.765. The van der Waals surface area contributed by atoms with Gasteiger partial charge in [0.05, 0.1) is 6.61 Å². The second-order valence-electron chi connectivity index (χ2n) is 6.22. The van der Waals surface area contributed by atoms with Crippen LogP contribution in [0.4, 0.5) is 5.82 Å². The van der Waals surface area contributed by atoms with Crippen LogP contribution in [-0.4, -0.2) is 47.7 Å². The normalized spacial score (nSPS) is 15.5. The number of unbranched alkanes of at least 4 members (excludes halogenated alkanes) is 1. The average molecular weight is 306 g/mol. The van der Waals surface area contributed by atoms with Crippen LogP contribution in [0.2, 0.25) is 0 Å². The first kappa shape index (κ1) is 17.0. The molecule has 1 aromatic heterocycles. The Balaban J connectivity index is 1.77. The van der Waals surface area contributed by atoms with Crippen LogP contribution in [0.3, 0.4) is 0 Å². The Bertz CT molecular complexity index is 444. The number of nitrogens with zero attached hydrogens (tertiary/aromatic N) is 3. The van der Waals surface area contributed by atoms with Crippen LogP contribution in [0, 0.1) is 0 Å². The zero-order valence-electron chi connectivity index (χ0n) is 14.3. The Labute approximate surface area is 134 Å². The van der Waals surface area contributed by atoms with Gasteiger partial charge in [0, 0.05) is 18.5 Å². The fourth-order valence-corrected chi connectivity index (χ4v) is 2.70. The van der Waals surface area contributed by atoms with Gasteiger partial charge in [0.25, 0.3) is 0 Å². The van der Waals surface area contributed by atoms with E-state index in [-0.39, 0.29) is 0 Å². The molecule has 1 aliphatic rings. The molecule has 1 fully saturated rings. The number of likely N-dealkylation sites (tertiary alicyclic amines) is 1. The minimum Gasteiger partial charge on any atom is -0.478 e. The summed E-state index contributed by atoms with van der Waals surface area (Å²) in [6.45, 7) is 11.6. The number of rotatable bonds is 9. The van der Waals surface area contributed by atoms with Crippen molar-refractivity contribution in [3.8, 4) is 5.88 Å². The standard InChI is InChI=1S/C17H30N4O/c1-4-22-16-13-15(19-17(20-16)14(2)3)18-9-5-6-10-21-11-7-8-12-21/h13-14H,4-12H2,1-3H3,(H,18,19,20). The molecule has 5 nitrogen and oxygen atoms in total. The fourth-order valence-electron chi connectivity index (χ4n) is 2.70. The highest BCUT2D eigenvalue weighted by Gasteiger charge is 2.11. The smallest absolute Gasteiger partial charge is 0.218 e. The zero-order valence-corrected chi connectivity index (χ0v) is 14.3. The van der Waals surface area contributed by atoms with Gasteiger partial charge >= 0.3 is 0 Å². The van der Waals surface area contributed by atoms with Gasteiger partial charge in [-0.3, -0.25) is 0 Å². The van der Waals surface area contributed by atoms with E-state index in [0.717, 1.165) is 18.2 Å². The van der Waals surface area contributed by atoms with Crippen molar-refractivity contribution in [2.24, 2.45) is 0 Å². The summed E-state index contributed by atoms with van der Waals surface area (Å²) < 4.78 is 5.53. The third-order valence-corrected chi connectivity index (χ3v) is 3.93. The number of hydrogen-bond acceptors (Lipinski definition) is 5. The number of ether oxygens (including phenoxy) is 1. The van der Waals surface area contributed by atoms with Gasteiger partial charge in [-0.25, -0.2) is 4.98 Å². The molecule has 0 spiro atoms. The first-order chi connectivity index (χ1) is 10.7. The van der Waals surface area contributed by atoms with Crippen LogP contribution in [0.1, 0.15) is 58.2 Å². The molecule has 1 saturated heterocycles. The number of hydrogen-bond donors (Lipinski definition) is 1. The van der Waals surface area contributed by atoms with E-state index < -0.39 is 0 Å². The molecule has 0 aromatic carbocycles. The summed E-state index contributed by atoms with van der Waals surface area (Å²) in [7, 11) is 0. The zero-order chi connectivity index (χ0) is 15.8. The monoisotopic (exact) mass is 306 g/mol. The van der Waals surface area contributed by atoms with Crippen LogP contribution in [0.15, 0.2) is 6.07 Å². The van der Waals surface area contributed by atoms with Crippen LogP contribution in [-0.2, 0) is 0 Å². The second kappa shape index (κ2) is 8.93.